The van der Waals surface area contributed by atoms with Crippen LogP contribution < -0.4 is 9.47 Å². The number of benzene rings is 2. The Labute approximate surface area is 252 Å². The van der Waals surface area contributed by atoms with Gasteiger partial charge in [0.1, 0.15) is 0 Å². The van der Waals surface area contributed by atoms with Crippen LogP contribution in [0.1, 0.15) is 44.6 Å². The molecule has 0 spiro atoms. The molecular weight excluding hydrogens is 601 g/mol. The molecular formula is C29H38N2O6S4. The summed E-state index contributed by atoms with van der Waals surface area (Å²) < 4.78 is 64.1. The minimum Gasteiger partial charge on any atom is -0.454 e. The summed E-state index contributed by atoms with van der Waals surface area (Å²) in [5.74, 6) is 3.94. The number of sulfonamides is 1. The van der Waals surface area contributed by atoms with Gasteiger partial charge < -0.3 is 14.4 Å². The smallest absolute Gasteiger partial charge is 0.231 e. The predicted molar refractivity (Wildman–Crippen MR) is 164 cm³/mol. The second kappa shape index (κ2) is 11.9. The van der Waals surface area contributed by atoms with Crippen LogP contribution in [-0.2, 0) is 23.9 Å². The Morgan fingerprint density at radius 2 is 1.46 bits per heavy atom. The van der Waals surface area contributed by atoms with Crippen LogP contribution in [0.4, 0.5) is 0 Å². The van der Waals surface area contributed by atoms with E-state index in [-0.39, 0.29) is 26.4 Å². The first kappa shape index (κ1) is 29.6. The average molecular weight is 639 g/mol. The van der Waals surface area contributed by atoms with Crippen molar-refractivity contribution in [3.05, 3.63) is 48.0 Å². The summed E-state index contributed by atoms with van der Waals surface area (Å²) >= 11 is 4.02. The molecule has 12 heteroatoms. The highest BCUT2D eigenvalue weighted by Crippen LogP contribution is 2.59. The number of piperidine rings is 2. The second-order valence-electron chi connectivity index (χ2n) is 11.2. The lowest BCUT2D eigenvalue weighted by Gasteiger charge is -2.45. The molecule has 2 aromatic carbocycles. The Morgan fingerprint density at radius 3 is 2.12 bits per heavy atom. The Kier molecular flexibility index (Phi) is 8.61. The van der Waals surface area contributed by atoms with Crippen LogP contribution in [-0.4, -0.2) is 82.3 Å². The van der Waals surface area contributed by atoms with Crippen molar-refractivity contribution in [1.82, 2.24) is 9.21 Å². The highest BCUT2D eigenvalue weighted by molar-refractivity contribution is 8.20. The van der Waals surface area contributed by atoms with Gasteiger partial charge in [-0.2, -0.15) is 0 Å². The van der Waals surface area contributed by atoms with Crippen LogP contribution in [0.3, 0.4) is 0 Å². The van der Waals surface area contributed by atoms with E-state index in [1.165, 1.54) is 11.6 Å². The fourth-order valence-corrected chi connectivity index (χ4v) is 13.1. The van der Waals surface area contributed by atoms with Crippen molar-refractivity contribution < 1.29 is 26.3 Å². The van der Waals surface area contributed by atoms with E-state index in [0.717, 1.165) is 50.3 Å². The van der Waals surface area contributed by atoms with Crippen molar-refractivity contribution in [3.8, 4) is 11.5 Å². The molecule has 3 saturated heterocycles. The second-order valence-corrected chi connectivity index (χ2v) is 18.1. The molecule has 6 rings (SSSR count). The van der Waals surface area contributed by atoms with E-state index in [4.69, 9.17) is 9.47 Å². The van der Waals surface area contributed by atoms with E-state index in [9.17, 15) is 16.8 Å². The standard InChI is InChI=1S/C29H38N2O6S4/c1-2-19-40(32,33)31-15-11-24(12-16-31)30-13-9-23(10-14-30)29(38-17-18-39-29)22-3-5-25(6-4-22)41(34,35)26-7-8-27-28(20-26)37-21-36-27/h3-8,20,23-24H,2,9-19,21H2,1H3. The zero-order valence-corrected chi connectivity index (χ0v) is 26.6. The minimum atomic E-state index is -3.68. The molecule has 2 aromatic rings. The number of fused-ring (bicyclic) bond motifs is 1. The van der Waals surface area contributed by atoms with E-state index in [2.05, 4.69) is 4.90 Å². The normalized spacial score (nSPS) is 22.8. The zero-order valence-electron chi connectivity index (χ0n) is 23.4. The highest BCUT2D eigenvalue weighted by Gasteiger charge is 2.46. The van der Waals surface area contributed by atoms with E-state index < -0.39 is 19.9 Å². The van der Waals surface area contributed by atoms with Gasteiger partial charge in [-0.15, -0.1) is 23.5 Å². The van der Waals surface area contributed by atoms with E-state index in [0.29, 0.717) is 43.0 Å². The van der Waals surface area contributed by atoms with Gasteiger partial charge in [0.05, 0.1) is 19.6 Å². The molecule has 0 saturated carbocycles. The third-order valence-corrected chi connectivity index (χ3v) is 16.4. The molecule has 0 N–H and O–H groups in total. The van der Waals surface area contributed by atoms with Gasteiger partial charge in [0.2, 0.25) is 26.7 Å². The Morgan fingerprint density at radius 1 is 0.829 bits per heavy atom. The summed E-state index contributed by atoms with van der Waals surface area (Å²) in [6, 6.07) is 12.8. The molecule has 8 nitrogen and oxygen atoms in total. The first-order valence-corrected chi connectivity index (χ1v) is 19.5. The third kappa shape index (κ3) is 5.76. The fraction of sp³-hybridized carbons (Fsp3) is 0.586. The monoisotopic (exact) mass is 638 g/mol. The number of hydrogen-bond acceptors (Lipinski definition) is 9. The van der Waals surface area contributed by atoms with Gasteiger partial charge >= 0.3 is 0 Å². The van der Waals surface area contributed by atoms with Crippen LogP contribution in [0.15, 0.2) is 52.3 Å². The van der Waals surface area contributed by atoms with E-state index >= 15 is 0 Å². The summed E-state index contributed by atoms with van der Waals surface area (Å²) in [6.07, 6.45) is 4.65. The maximum atomic E-state index is 13.4. The molecule has 0 aliphatic carbocycles. The van der Waals surface area contributed by atoms with Gasteiger partial charge in [0, 0.05) is 36.7 Å². The average Bonchev–Trinajstić information content (AvgIpc) is 3.68. The van der Waals surface area contributed by atoms with Crippen LogP contribution in [0.2, 0.25) is 0 Å². The summed E-state index contributed by atoms with van der Waals surface area (Å²) in [6.45, 7) is 5.33. The summed E-state index contributed by atoms with van der Waals surface area (Å²) in [5, 5.41) is 0. The first-order chi connectivity index (χ1) is 19.7. The molecule has 0 amide bonds. The molecule has 0 radical (unpaired) electrons. The van der Waals surface area contributed by atoms with Crippen molar-refractivity contribution in [2.24, 2.45) is 5.92 Å². The molecule has 4 aliphatic heterocycles. The van der Waals surface area contributed by atoms with Gasteiger partial charge in [-0.1, -0.05) is 19.1 Å². The molecule has 4 heterocycles. The van der Waals surface area contributed by atoms with Crippen molar-refractivity contribution in [3.63, 3.8) is 0 Å². The van der Waals surface area contributed by atoms with Gasteiger partial charge in [-0.05, 0) is 80.9 Å². The van der Waals surface area contributed by atoms with E-state index in [1.54, 1.807) is 28.6 Å². The van der Waals surface area contributed by atoms with Crippen LogP contribution in [0.25, 0.3) is 0 Å². The lowest BCUT2D eigenvalue weighted by Crippen LogP contribution is -2.50. The lowest BCUT2D eigenvalue weighted by atomic mass is 9.87. The number of hydrogen-bond donors (Lipinski definition) is 0. The van der Waals surface area contributed by atoms with Gasteiger partial charge in [-0.3, -0.25) is 0 Å². The summed E-state index contributed by atoms with van der Waals surface area (Å²) in [5.41, 5.74) is 1.20. The number of sulfone groups is 1. The molecule has 41 heavy (non-hydrogen) atoms. The molecule has 0 bridgehead atoms. The predicted octanol–water partition coefficient (Wildman–Crippen LogP) is 4.80. The molecule has 224 valence electrons. The van der Waals surface area contributed by atoms with Crippen molar-refractivity contribution in [1.29, 1.82) is 0 Å². The number of ether oxygens (including phenoxy) is 2. The number of nitrogens with zero attached hydrogens (tertiary/aromatic N) is 2. The Balaban J connectivity index is 1.12. The quantitative estimate of drug-likeness (QED) is 0.405. The Hall–Kier alpha value is -1.44. The summed E-state index contributed by atoms with van der Waals surface area (Å²) in [7, 11) is -6.79. The first-order valence-electron chi connectivity index (χ1n) is 14.5. The molecule has 0 unspecified atom stereocenters. The van der Waals surface area contributed by atoms with Crippen molar-refractivity contribution >= 4 is 43.4 Å². The maximum absolute atomic E-state index is 13.4. The Bertz CT molecular complexity index is 1440. The van der Waals surface area contributed by atoms with Gasteiger partial charge in [0.25, 0.3) is 0 Å². The molecule has 0 aromatic heterocycles. The van der Waals surface area contributed by atoms with Crippen molar-refractivity contribution in [2.45, 2.75) is 58.9 Å². The highest BCUT2D eigenvalue weighted by atomic mass is 32.2. The number of thioether (sulfide) groups is 2. The van der Waals surface area contributed by atoms with Crippen molar-refractivity contribution in [2.75, 3.05) is 50.2 Å². The molecule has 3 fully saturated rings. The fourth-order valence-electron chi connectivity index (χ4n) is 6.63. The zero-order chi connectivity index (χ0) is 28.7. The maximum Gasteiger partial charge on any atom is 0.231 e. The lowest BCUT2D eigenvalue weighted by molar-refractivity contribution is 0.0942. The van der Waals surface area contributed by atoms with E-state index in [1.807, 2.05) is 42.6 Å². The van der Waals surface area contributed by atoms with Crippen LogP contribution in [0.5, 0.6) is 11.5 Å². The van der Waals surface area contributed by atoms with Gasteiger partial charge in [-0.25, -0.2) is 21.1 Å². The van der Waals surface area contributed by atoms with Gasteiger partial charge in [0.15, 0.2) is 11.5 Å². The SMILES string of the molecule is CCCS(=O)(=O)N1CCC(N2CCC(C3(c4ccc(S(=O)(=O)c5ccc6c(c5)OCO6)cc4)SCCS3)CC2)CC1. The van der Waals surface area contributed by atoms with Crippen LogP contribution in [0, 0.1) is 5.92 Å². The topological polar surface area (TPSA) is 93.2 Å². The third-order valence-electron chi connectivity index (χ3n) is 8.80. The van der Waals surface area contributed by atoms with Crippen LogP contribution >= 0.6 is 23.5 Å². The summed E-state index contributed by atoms with van der Waals surface area (Å²) in [4.78, 5) is 3.07. The molecule has 0 atom stereocenters. The minimum absolute atomic E-state index is 0.0648. The largest absolute Gasteiger partial charge is 0.454 e. The molecule has 4 aliphatic rings. The number of likely N-dealkylation sites (tertiary alicyclic amines) is 1. The number of rotatable bonds is 8.